The van der Waals surface area contributed by atoms with Crippen molar-refractivity contribution in [3.05, 3.63) is 30.7 Å². The number of nitrogens with zero attached hydrogens (tertiary/aromatic N) is 7. The van der Waals surface area contributed by atoms with E-state index < -0.39 is 24.9 Å². The molecule has 6 rings (SSSR count). The van der Waals surface area contributed by atoms with Gasteiger partial charge in [-0.3, -0.25) is 4.90 Å². The quantitative estimate of drug-likeness (QED) is 0.360. The van der Waals surface area contributed by atoms with Crippen LogP contribution >= 0.6 is 0 Å². The van der Waals surface area contributed by atoms with Gasteiger partial charge in [-0.05, 0) is 24.6 Å². The van der Waals surface area contributed by atoms with Crippen molar-refractivity contribution in [2.45, 2.75) is 37.4 Å². The second kappa shape index (κ2) is 9.10. The first-order valence-electron chi connectivity index (χ1n) is 12.0. The SMILES string of the molecule is CNc1nc(NC2CCN(C3COC3)CC2(F)F)nn2ccc(-c3ccc4ncn(CC(F)F)c4n3)c12. The molecule has 10 nitrogen and oxygen atoms in total. The van der Waals surface area contributed by atoms with Gasteiger partial charge in [0.25, 0.3) is 12.3 Å². The van der Waals surface area contributed by atoms with E-state index in [2.05, 4.69) is 30.7 Å². The van der Waals surface area contributed by atoms with Crippen molar-refractivity contribution in [1.82, 2.24) is 34.0 Å². The number of hydrogen-bond acceptors (Lipinski definition) is 8. The van der Waals surface area contributed by atoms with Crippen LogP contribution in [-0.4, -0.2) is 91.8 Å². The van der Waals surface area contributed by atoms with Gasteiger partial charge in [-0.25, -0.2) is 32.0 Å². The van der Waals surface area contributed by atoms with E-state index in [4.69, 9.17) is 4.74 Å². The average molecular weight is 520 g/mol. The highest BCUT2D eigenvalue weighted by Gasteiger charge is 2.47. The smallest absolute Gasteiger partial charge is 0.280 e. The number of fused-ring (bicyclic) bond motifs is 2. The second-order valence-corrected chi connectivity index (χ2v) is 9.29. The van der Waals surface area contributed by atoms with Crippen LogP contribution in [0.3, 0.4) is 0 Å². The lowest BCUT2D eigenvalue weighted by Crippen LogP contribution is -2.61. The predicted octanol–water partition coefficient (Wildman–Crippen LogP) is 2.97. The number of piperidine rings is 1. The molecule has 2 aliphatic rings. The van der Waals surface area contributed by atoms with Crippen molar-refractivity contribution >= 4 is 28.4 Å². The molecule has 6 heterocycles. The van der Waals surface area contributed by atoms with Gasteiger partial charge in [-0.1, -0.05) is 0 Å². The second-order valence-electron chi connectivity index (χ2n) is 9.29. The van der Waals surface area contributed by atoms with Gasteiger partial charge in [0.1, 0.15) is 11.0 Å². The molecule has 37 heavy (non-hydrogen) atoms. The molecule has 2 N–H and O–H groups in total. The number of aromatic nitrogens is 6. The first kappa shape index (κ1) is 23.9. The molecule has 1 atom stereocenters. The third-order valence-electron chi connectivity index (χ3n) is 6.89. The highest BCUT2D eigenvalue weighted by molar-refractivity contribution is 5.89. The lowest BCUT2D eigenvalue weighted by Gasteiger charge is -2.44. The van der Waals surface area contributed by atoms with Gasteiger partial charge >= 0.3 is 0 Å². The van der Waals surface area contributed by atoms with Gasteiger partial charge in [0.15, 0.2) is 11.5 Å². The highest BCUT2D eigenvalue weighted by atomic mass is 19.3. The predicted molar refractivity (Wildman–Crippen MR) is 128 cm³/mol. The van der Waals surface area contributed by atoms with Crippen molar-refractivity contribution in [3.8, 4) is 11.3 Å². The number of ether oxygens (including phenoxy) is 1. The van der Waals surface area contributed by atoms with Crippen LogP contribution in [0.5, 0.6) is 0 Å². The number of alkyl halides is 4. The Bertz CT molecular complexity index is 1430. The maximum absolute atomic E-state index is 15.0. The van der Waals surface area contributed by atoms with E-state index in [-0.39, 0.29) is 25.0 Å². The lowest BCUT2D eigenvalue weighted by atomic mass is 9.98. The zero-order chi connectivity index (χ0) is 25.7. The third-order valence-corrected chi connectivity index (χ3v) is 6.89. The lowest BCUT2D eigenvalue weighted by molar-refractivity contribution is -0.131. The Morgan fingerprint density at radius 3 is 2.73 bits per heavy atom. The summed E-state index contributed by atoms with van der Waals surface area (Å²) in [5, 5.41) is 10.3. The fraction of sp³-hybridized carbons (Fsp3) is 0.478. The summed E-state index contributed by atoms with van der Waals surface area (Å²) in [7, 11) is 1.67. The van der Waals surface area contributed by atoms with E-state index in [9.17, 15) is 17.6 Å². The molecule has 196 valence electrons. The molecule has 4 aromatic heterocycles. The van der Waals surface area contributed by atoms with Crippen LogP contribution in [-0.2, 0) is 11.3 Å². The molecule has 2 fully saturated rings. The van der Waals surface area contributed by atoms with Crippen molar-refractivity contribution in [2.24, 2.45) is 0 Å². The Balaban J connectivity index is 1.30. The van der Waals surface area contributed by atoms with Crippen LogP contribution in [0.15, 0.2) is 30.7 Å². The molecule has 4 aromatic rings. The Hall–Kier alpha value is -3.52. The van der Waals surface area contributed by atoms with E-state index in [1.165, 1.54) is 15.4 Å². The van der Waals surface area contributed by atoms with Crippen molar-refractivity contribution in [3.63, 3.8) is 0 Å². The van der Waals surface area contributed by atoms with Crippen molar-refractivity contribution < 1.29 is 22.3 Å². The molecule has 14 heteroatoms. The van der Waals surface area contributed by atoms with Crippen LogP contribution in [0.25, 0.3) is 27.9 Å². The summed E-state index contributed by atoms with van der Waals surface area (Å²) in [6, 6.07) is 4.16. The molecular weight excluding hydrogens is 494 g/mol. The first-order chi connectivity index (χ1) is 17.8. The van der Waals surface area contributed by atoms with Gasteiger partial charge in [0.2, 0.25) is 5.95 Å². The zero-order valence-corrected chi connectivity index (χ0v) is 19.9. The van der Waals surface area contributed by atoms with Crippen LogP contribution in [0, 0.1) is 0 Å². The summed E-state index contributed by atoms with van der Waals surface area (Å²) in [6.07, 6.45) is 0.719. The molecule has 0 saturated carbocycles. The number of rotatable bonds is 7. The van der Waals surface area contributed by atoms with Gasteiger partial charge < -0.3 is 19.9 Å². The average Bonchev–Trinajstić information content (AvgIpc) is 3.42. The fourth-order valence-electron chi connectivity index (χ4n) is 4.88. The van der Waals surface area contributed by atoms with E-state index in [1.807, 2.05) is 0 Å². The normalized spacial score (nSPS) is 20.5. The minimum absolute atomic E-state index is 0.0513. The van der Waals surface area contributed by atoms with Crippen LogP contribution in [0.1, 0.15) is 6.42 Å². The number of hydrogen-bond donors (Lipinski definition) is 2. The van der Waals surface area contributed by atoms with Crippen LogP contribution < -0.4 is 10.6 Å². The Morgan fingerprint density at radius 2 is 2.03 bits per heavy atom. The Kier molecular flexibility index (Phi) is 5.87. The van der Waals surface area contributed by atoms with E-state index in [1.54, 1.807) is 36.3 Å². The van der Waals surface area contributed by atoms with Crippen molar-refractivity contribution in [2.75, 3.05) is 44.0 Å². The van der Waals surface area contributed by atoms with Crippen molar-refractivity contribution in [1.29, 1.82) is 0 Å². The molecule has 0 aromatic carbocycles. The number of imidazole rings is 1. The summed E-state index contributed by atoms with van der Waals surface area (Å²) in [4.78, 5) is 14.9. The molecule has 2 aliphatic heterocycles. The number of likely N-dealkylation sites (tertiary alicyclic amines) is 1. The first-order valence-corrected chi connectivity index (χ1v) is 12.0. The Morgan fingerprint density at radius 1 is 1.19 bits per heavy atom. The van der Waals surface area contributed by atoms with Gasteiger partial charge in [-0.2, -0.15) is 4.98 Å². The number of halogens is 4. The van der Waals surface area contributed by atoms with Gasteiger partial charge in [0, 0.05) is 25.4 Å². The summed E-state index contributed by atoms with van der Waals surface area (Å²) < 4.78 is 63.9. The van der Waals surface area contributed by atoms with Crippen LogP contribution in [0.2, 0.25) is 0 Å². The standard InChI is InChI=1S/C23H25F4N9O/c1-28-20-19-14(15-2-3-16-21(30-15)35(12-29-16)8-18(24)25)4-7-36(19)33-22(32-20)31-17-5-6-34(11-23(17,26)27)13-9-37-10-13/h2-4,7,12-13,17-18H,5-6,8-11H2,1H3,(H2,28,31,32,33). The largest absolute Gasteiger partial charge is 0.378 e. The van der Waals surface area contributed by atoms with E-state index in [0.717, 1.165) is 0 Å². The minimum atomic E-state index is -2.96. The monoisotopic (exact) mass is 519 g/mol. The topological polar surface area (TPSA) is 97.4 Å². The fourth-order valence-corrected chi connectivity index (χ4v) is 4.88. The molecule has 2 saturated heterocycles. The molecule has 0 bridgehead atoms. The summed E-state index contributed by atoms with van der Waals surface area (Å²) in [5.41, 5.74) is 2.59. The zero-order valence-electron chi connectivity index (χ0n) is 19.9. The maximum atomic E-state index is 15.0. The summed E-state index contributed by atoms with van der Waals surface area (Å²) in [5.74, 6) is -2.48. The number of nitrogens with one attached hydrogen (secondary N) is 2. The highest BCUT2D eigenvalue weighted by Crippen LogP contribution is 2.33. The van der Waals surface area contributed by atoms with Crippen LogP contribution in [0.4, 0.5) is 29.3 Å². The molecular formula is C23H25F4N9O. The van der Waals surface area contributed by atoms with E-state index in [0.29, 0.717) is 53.5 Å². The molecule has 0 amide bonds. The molecule has 0 spiro atoms. The Labute approximate surface area is 208 Å². The molecule has 1 unspecified atom stereocenters. The number of pyridine rings is 1. The molecule has 0 aliphatic carbocycles. The maximum Gasteiger partial charge on any atom is 0.280 e. The third kappa shape index (κ3) is 4.33. The summed E-state index contributed by atoms with van der Waals surface area (Å²) >= 11 is 0. The van der Waals surface area contributed by atoms with E-state index >= 15 is 0 Å². The molecule has 0 radical (unpaired) electrons. The van der Waals surface area contributed by atoms with Gasteiger partial charge in [0.05, 0.1) is 50.4 Å². The summed E-state index contributed by atoms with van der Waals surface area (Å²) in [6.45, 7) is 0.662. The van der Waals surface area contributed by atoms with Gasteiger partial charge in [-0.15, -0.1) is 5.10 Å². The number of anilines is 2. The minimum Gasteiger partial charge on any atom is -0.378 e.